The topological polar surface area (TPSA) is 58.6 Å². The van der Waals surface area contributed by atoms with Crippen molar-refractivity contribution in [2.45, 2.75) is 19.3 Å². The summed E-state index contributed by atoms with van der Waals surface area (Å²) < 4.78 is 4.65. The van der Waals surface area contributed by atoms with E-state index in [-0.39, 0.29) is 5.91 Å². The average Bonchev–Trinajstić information content (AvgIpc) is 2.68. The zero-order chi connectivity index (χ0) is 18.5. The number of benzene rings is 2. The Labute approximate surface area is 157 Å². The monoisotopic (exact) mass is 372 g/mol. The molecule has 1 saturated heterocycles. The second kappa shape index (κ2) is 8.23. The van der Waals surface area contributed by atoms with Crippen molar-refractivity contribution in [1.82, 2.24) is 0 Å². The zero-order valence-corrected chi connectivity index (χ0v) is 15.4. The lowest BCUT2D eigenvalue weighted by molar-refractivity contribution is 0.0600. The van der Waals surface area contributed by atoms with Crippen LogP contribution < -0.4 is 10.2 Å². The van der Waals surface area contributed by atoms with Gasteiger partial charge in [-0.05, 0) is 61.7 Å². The van der Waals surface area contributed by atoms with E-state index < -0.39 is 5.97 Å². The molecule has 26 heavy (non-hydrogen) atoms. The lowest BCUT2D eigenvalue weighted by Gasteiger charge is -2.29. The van der Waals surface area contributed by atoms with Crippen LogP contribution in [0, 0.1) is 0 Å². The first-order valence-electron chi connectivity index (χ1n) is 8.63. The maximum absolute atomic E-state index is 12.4. The van der Waals surface area contributed by atoms with Gasteiger partial charge in [0.05, 0.1) is 23.4 Å². The summed E-state index contributed by atoms with van der Waals surface area (Å²) in [6.45, 7) is 2.02. The second-order valence-electron chi connectivity index (χ2n) is 6.24. The van der Waals surface area contributed by atoms with Gasteiger partial charge in [0.15, 0.2) is 0 Å². The first kappa shape index (κ1) is 18.3. The lowest BCUT2D eigenvalue weighted by Crippen LogP contribution is -2.29. The van der Waals surface area contributed by atoms with Crippen molar-refractivity contribution in [2.75, 3.05) is 30.4 Å². The number of carbonyl (C=O) groups is 2. The van der Waals surface area contributed by atoms with E-state index in [9.17, 15) is 9.59 Å². The van der Waals surface area contributed by atoms with E-state index in [1.807, 2.05) is 12.1 Å². The third-order valence-electron chi connectivity index (χ3n) is 4.47. The summed E-state index contributed by atoms with van der Waals surface area (Å²) in [7, 11) is 1.32. The van der Waals surface area contributed by atoms with Gasteiger partial charge in [0, 0.05) is 24.3 Å². The molecule has 0 aliphatic carbocycles. The van der Waals surface area contributed by atoms with E-state index in [0.29, 0.717) is 21.8 Å². The van der Waals surface area contributed by atoms with E-state index in [4.69, 9.17) is 11.6 Å². The van der Waals surface area contributed by atoms with E-state index in [1.165, 1.54) is 26.4 Å². The number of ether oxygens (including phenoxy) is 1. The maximum atomic E-state index is 12.4. The average molecular weight is 373 g/mol. The highest BCUT2D eigenvalue weighted by atomic mass is 35.5. The summed E-state index contributed by atoms with van der Waals surface area (Å²) in [4.78, 5) is 26.1. The molecule has 3 rings (SSSR count). The largest absolute Gasteiger partial charge is 0.465 e. The molecule has 5 nitrogen and oxygen atoms in total. The molecule has 1 N–H and O–H groups in total. The fraction of sp³-hybridized carbons (Fsp3) is 0.300. The number of carbonyl (C=O) groups excluding carboxylic acids is 2. The van der Waals surface area contributed by atoms with Gasteiger partial charge in [-0.1, -0.05) is 11.6 Å². The Hall–Kier alpha value is -2.53. The van der Waals surface area contributed by atoms with Crippen LogP contribution in [0.4, 0.5) is 11.4 Å². The van der Waals surface area contributed by atoms with Gasteiger partial charge in [-0.15, -0.1) is 0 Å². The van der Waals surface area contributed by atoms with Gasteiger partial charge < -0.3 is 15.0 Å². The van der Waals surface area contributed by atoms with Crippen molar-refractivity contribution >= 4 is 34.9 Å². The molecule has 0 atom stereocenters. The maximum Gasteiger partial charge on any atom is 0.337 e. The molecule has 0 aromatic heterocycles. The first-order chi connectivity index (χ1) is 12.6. The summed E-state index contributed by atoms with van der Waals surface area (Å²) in [5.74, 6) is -0.694. The van der Waals surface area contributed by atoms with E-state index >= 15 is 0 Å². The summed E-state index contributed by atoms with van der Waals surface area (Å²) in [5.41, 5.74) is 2.50. The summed E-state index contributed by atoms with van der Waals surface area (Å²) in [5, 5.41) is 3.46. The molecule has 1 aliphatic heterocycles. The van der Waals surface area contributed by atoms with Crippen LogP contribution >= 0.6 is 11.6 Å². The molecule has 1 aliphatic rings. The highest BCUT2D eigenvalue weighted by molar-refractivity contribution is 6.33. The van der Waals surface area contributed by atoms with E-state index in [1.54, 1.807) is 30.3 Å². The Kier molecular flexibility index (Phi) is 5.78. The molecule has 2 aromatic rings. The Morgan fingerprint density at radius 2 is 1.65 bits per heavy atom. The van der Waals surface area contributed by atoms with Crippen LogP contribution in [0.1, 0.15) is 40.0 Å². The third-order valence-corrected chi connectivity index (χ3v) is 4.77. The number of hydrogen-bond acceptors (Lipinski definition) is 4. The van der Waals surface area contributed by atoms with Gasteiger partial charge in [0.2, 0.25) is 0 Å². The van der Waals surface area contributed by atoms with E-state index in [0.717, 1.165) is 18.8 Å². The number of hydrogen-bond donors (Lipinski definition) is 1. The number of rotatable bonds is 4. The Morgan fingerprint density at radius 3 is 2.27 bits per heavy atom. The van der Waals surface area contributed by atoms with Crippen molar-refractivity contribution < 1.29 is 14.3 Å². The highest BCUT2D eigenvalue weighted by Crippen LogP contribution is 2.31. The molecule has 0 unspecified atom stereocenters. The van der Waals surface area contributed by atoms with Gasteiger partial charge in [-0.3, -0.25) is 4.79 Å². The first-order valence-corrected chi connectivity index (χ1v) is 9.00. The van der Waals surface area contributed by atoms with Crippen LogP contribution in [-0.2, 0) is 4.74 Å². The molecule has 2 aromatic carbocycles. The zero-order valence-electron chi connectivity index (χ0n) is 14.6. The van der Waals surface area contributed by atoms with Crippen LogP contribution in [0.2, 0.25) is 5.02 Å². The van der Waals surface area contributed by atoms with Crippen molar-refractivity contribution in [2.24, 2.45) is 0 Å². The molecule has 1 amide bonds. The quantitative estimate of drug-likeness (QED) is 0.809. The van der Waals surface area contributed by atoms with Crippen molar-refractivity contribution in [3.63, 3.8) is 0 Å². The predicted molar refractivity (Wildman–Crippen MR) is 103 cm³/mol. The van der Waals surface area contributed by atoms with Crippen molar-refractivity contribution in [3.05, 3.63) is 58.6 Å². The molecule has 136 valence electrons. The molecule has 6 heteroatoms. The molecule has 0 bridgehead atoms. The molecular formula is C20H21ClN2O3. The molecule has 0 saturated carbocycles. The minimum Gasteiger partial charge on any atom is -0.465 e. The standard InChI is InChI=1S/C20H21ClN2O3/c1-26-20(25)15-7-5-14(6-8-15)19(24)22-16-9-10-18(17(21)13-16)23-11-3-2-4-12-23/h5-10,13H,2-4,11-12H2,1H3,(H,22,24). The Bertz CT molecular complexity index is 799. The fourth-order valence-corrected chi connectivity index (χ4v) is 3.35. The number of esters is 1. The lowest BCUT2D eigenvalue weighted by atomic mass is 10.1. The van der Waals surface area contributed by atoms with Crippen LogP contribution in [-0.4, -0.2) is 32.1 Å². The molecular weight excluding hydrogens is 352 g/mol. The van der Waals surface area contributed by atoms with Gasteiger partial charge in [0.25, 0.3) is 5.91 Å². The number of anilines is 2. The van der Waals surface area contributed by atoms with Crippen LogP contribution in [0.15, 0.2) is 42.5 Å². The Balaban J connectivity index is 1.69. The number of methoxy groups -OCH3 is 1. The molecule has 0 spiro atoms. The summed E-state index contributed by atoms with van der Waals surface area (Å²) in [6, 6.07) is 11.9. The van der Waals surface area contributed by atoms with E-state index in [2.05, 4.69) is 15.0 Å². The number of piperidine rings is 1. The van der Waals surface area contributed by atoms with Crippen LogP contribution in [0.25, 0.3) is 0 Å². The number of nitrogens with zero attached hydrogens (tertiary/aromatic N) is 1. The van der Waals surface area contributed by atoms with Gasteiger partial charge in [0.1, 0.15) is 0 Å². The molecule has 1 heterocycles. The van der Waals surface area contributed by atoms with Crippen molar-refractivity contribution in [3.8, 4) is 0 Å². The third kappa shape index (κ3) is 4.17. The van der Waals surface area contributed by atoms with Gasteiger partial charge in [-0.2, -0.15) is 0 Å². The number of amides is 1. The summed E-state index contributed by atoms with van der Waals surface area (Å²) in [6.07, 6.45) is 3.61. The fourth-order valence-electron chi connectivity index (χ4n) is 3.05. The van der Waals surface area contributed by atoms with Gasteiger partial charge in [-0.25, -0.2) is 4.79 Å². The minimum atomic E-state index is -0.433. The minimum absolute atomic E-state index is 0.261. The van der Waals surface area contributed by atoms with Gasteiger partial charge >= 0.3 is 5.97 Å². The Morgan fingerprint density at radius 1 is 1.00 bits per heavy atom. The molecule has 0 radical (unpaired) electrons. The predicted octanol–water partition coefficient (Wildman–Crippen LogP) is 4.37. The highest BCUT2D eigenvalue weighted by Gasteiger charge is 2.15. The normalized spacial score (nSPS) is 14.0. The van der Waals surface area contributed by atoms with Crippen molar-refractivity contribution in [1.29, 1.82) is 0 Å². The van der Waals surface area contributed by atoms with Crippen LogP contribution in [0.3, 0.4) is 0 Å². The number of halogens is 1. The van der Waals surface area contributed by atoms with Crippen LogP contribution in [0.5, 0.6) is 0 Å². The second-order valence-corrected chi connectivity index (χ2v) is 6.64. The smallest absolute Gasteiger partial charge is 0.337 e. The molecule has 1 fully saturated rings. The SMILES string of the molecule is COC(=O)c1ccc(C(=O)Nc2ccc(N3CCCCC3)c(Cl)c2)cc1. The number of nitrogens with one attached hydrogen (secondary N) is 1. The summed E-state index contributed by atoms with van der Waals surface area (Å²) >= 11 is 6.42.